The van der Waals surface area contributed by atoms with Crippen molar-refractivity contribution in [2.45, 2.75) is 19.8 Å². The fraction of sp³-hybridized carbons (Fsp3) is 0.364. The SMILES string of the molecule is CC(C)c1c([N+](=O)[O-])ccc2c1ncn2C. The number of imidazole rings is 1. The minimum Gasteiger partial charge on any atom is -0.334 e. The molecule has 0 aliphatic heterocycles. The van der Waals surface area contributed by atoms with Gasteiger partial charge in [-0.1, -0.05) is 13.8 Å². The molecule has 0 saturated carbocycles. The van der Waals surface area contributed by atoms with E-state index in [2.05, 4.69) is 4.98 Å². The maximum absolute atomic E-state index is 10.9. The minimum absolute atomic E-state index is 0.0824. The van der Waals surface area contributed by atoms with Gasteiger partial charge in [0.1, 0.15) is 0 Å². The van der Waals surface area contributed by atoms with Gasteiger partial charge in [0.25, 0.3) is 5.69 Å². The molecule has 0 saturated heterocycles. The number of benzene rings is 1. The van der Waals surface area contributed by atoms with E-state index in [1.807, 2.05) is 25.5 Å². The van der Waals surface area contributed by atoms with Crippen LogP contribution in [0.25, 0.3) is 11.0 Å². The number of fused-ring (bicyclic) bond motifs is 1. The molecule has 0 fully saturated rings. The van der Waals surface area contributed by atoms with E-state index < -0.39 is 0 Å². The maximum atomic E-state index is 10.9. The molecule has 0 unspecified atom stereocenters. The maximum Gasteiger partial charge on any atom is 0.275 e. The van der Waals surface area contributed by atoms with Gasteiger partial charge in [0.05, 0.1) is 27.8 Å². The van der Waals surface area contributed by atoms with Gasteiger partial charge in [0.2, 0.25) is 0 Å². The third-order valence-corrected chi connectivity index (χ3v) is 2.69. The second-order valence-electron chi connectivity index (χ2n) is 4.13. The molecule has 5 nitrogen and oxygen atoms in total. The van der Waals surface area contributed by atoms with Crippen LogP contribution >= 0.6 is 0 Å². The highest BCUT2D eigenvalue weighted by Crippen LogP contribution is 2.32. The second kappa shape index (κ2) is 3.59. The van der Waals surface area contributed by atoms with E-state index in [9.17, 15) is 10.1 Å². The predicted molar refractivity (Wildman–Crippen MR) is 61.5 cm³/mol. The van der Waals surface area contributed by atoms with Crippen molar-refractivity contribution in [1.82, 2.24) is 9.55 Å². The van der Waals surface area contributed by atoms with E-state index in [4.69, 9.17) is 0 Å². The van der Waals surface area contributed by atoms with Crippen LogP contribution in [0.5, 0.6) is 0 Å². The summed E-state index contributed by atoms with van der Waals surface area (Å²) in [4.78, 5) is 14.8. The lowest BCUT2D eigenvalue weighted by atomic mass is 9.99. The highest BCUT2D eigenvalue weighted by Gasteiger charge is 2.21. The Labute approximate surface area is 92.9 Å². The lowest BCUT2D eigenvalue weighted by molar-refractivity contribution is -0.385. The van der Waals surface area contributed by atoms with Gasteiger partial charge < -0.3 is 4.57 Å². The van der Waals surface area contributed by atoms with Crippen LogP contribution in [0, 0.1) is 10.1 Å². The molecule has 0 radical (unpaired) electrons. The molecule has 1 heterocycles. The highest BCUT2D eigenvalue weighted by molar-refractivity contribution is 5.83. The van der Waals surface area contributed by atoms with Gasteiger partial charge in [-0.3, -0.25) is 10.1 Å². The van der Waals surface area contributed by atoms with Gasteiger partial charge in [0, 0.05) is 13.1 Å². The molecule has 2 rings (SSSR count). The fourth-order valence-electron chi connectivity index (χ4n) is 1.94. The molecule has 0 aliphatic carbocycles. The summed E-state index contributed by atoms with van der Waals surface area (Å²) in [6.07, 6.45) is 1.68. The average molecular weight is 219 g/mol. The first-order chi connectivity index (χ1) is 7.52. The molecule has 5 heteroatoms. The molecule has 84 valence electrons. The van der Waals surface area contributed by atoms with Crippen LogP contribution in [-0.4, -0.2) is 14.5 Å². The molecule has 0 spiro atoms. The number of aromatic nitrogens is 2. The third kappa shape index (κ3) is 1.44. The van der Waals surface area contributed by atoms with Crippen LogP contribution in [-0.2, 0) is 7.05 Å². The fourth-order valence-corrected chi connectivity index (χ4v) is 1.94. The van der Waals surface area contributed by atoms with Crippen LogP contribution in [0.15, 0.2) is 18.5 Å². The highest BCUT2D eigenvalue weighted by atomic mass is 16.6. The lowest BCUT2D eigenvalue weighted by Gasteiger charge is -2.07. The normalized spacial score (nSPS) is 11.2. The van der Waals surface area contributed by atoms with Crippen LogP contribution in [0.2, 0.25) is 0 Å². The molecule has 0 atom stereocenters. The number of nitrogens with zero attached hydrogens (tertiary/aromatic N) is 3. The summed E-state index contributed by atoms with van der Waals surface area (Å²) in [7, 11) is 1.88. The Morgan fingerprint density at radius 3 is 2.69 bits per heavy atom. The number of nitro benzene ring substituents is 1. The predicted octanol–water partition coefficient (Wildman–Crippen LogP) is 2.60. The summed E-state index contributed by atoms with van der Waals surface area (Å²) in [5, 5.41) is 10.9. The minimum atomic E-state index is -0.344. The number of hydrogen-bond donors (Lipinski definition) is 0. The summed E-state index contributed by atoms with van der Waals surface area (Å²) in [6.45, 7) is 3.88. The Hall–Kier alpha value is -1.91. The van der Waals surface area contributed by atoms with Crippen molar-refractivity contribution in [1.29, 1.82) is 0 Å². The van der Waals surface area contributed by atoms with Gasteiger partial charge in [-0.2, -0.15) is 0 Å². The van der Waals surface area contributed by atoms with Crippen molar-refractivity contribution in [3.63, 3.8) is 0 Å². The van der Waals surface area contributed by atoms with Gasteiger partial charge in [0.15, 0.2) is 0 Å². The van der Waals surface area contributed by atoms with Gasteiger partial charge >= 0.3 is 0 Å². The molecule has 0 aliphatic rings. The Bertz CT molecular complexity index is 558. The van der Waals surface area contributed by atoms with E-state index in [-0.39, 0.29) is 16.5 Å². The van der Waals surface area contributed by atoms with Crippen molar-refractivity contribution in [3.05, 3.63) is 34.1 Å². The number of hydrogen-bond acceptors (Lipinski definition) is 3. The third-order valence-electron chi connectivity index (χ3n) is 2.69. The zero-order chi connectivity index (χ0) is 11.9. The van der Waals surface area contributed by atoms with Crippen LogP contribution < -0.4 is 0 Å². The van der Waals surface area contributed by atoms with E-state index in [0.717, 1.165) is 11.0 Å². The van der Waals surface area contributed by atoms with Crippen LogP contribution in [0.3, 0.4) is 0 Å². The summed E-state index contributed by atoms with van der Waals surface area (Å²) >= 11 is 0. The van der Waals surface area contributed by atoms with Crippen molar-refractivity contribution in [3.8, 4) is 0 Å². The topological polar surface area (TPSA) is 61.0 Å². The van der Waals surface area contributed by atoms with E-state index >= 15 is 0 Å². The standard InChI is InChI=1S/C11H13N3O2/c1-7(2)10-8(14(15)16)4-5-9-11(10)12-6-13(9)3/h4-7H,1-3H3. The van der Waals surface area contributed by atoms with Crippen molar-refractivity contribution >= 4 is 16.7 Å². The van der Waals surface area contributed by atoms with Crippen LogP contribution in [0.4, 0.5) is 5.69 Å². The summed E-state index contributed by atoms with van der Waals surface area (Å²) in [5.41, 5.74) is 2.52. The summed E-state index contributed by atoms with van der Waals surface area (Å²) in [6, 6.07) is 3.30. The average Bonchev–Trinajstić information content (AvgIpc) is 2.58. The first-order valence-electron chi connectivity index (χ1n) is 5.10. The largest absolute Gasteiger partial charge is 0.334 e. The Morgan fingerprint density at radius 2 is 2.12 bits per heavy atom. The first-order valence-corrected chi connectivity index (χ1v) is 5.10. The van der Waals surface area contributed by atoms with E-state index in [0.29, 0.717) is 5.56 Å². The molecule has 16 heavy (non-hydrogen) atoms. The molecule has 0 bridgehead atoms. The summed E-state index contributed by atoms with van der Waals surface area (Å²) in [5.74, 6) is 0.0824. The monoisotopic (exact) mass is 219 g/mol. The zero-order valence-electron chi connectivity index (χ0n) is 9.47. The number of aryl methyl sites for hydroxylation is 1. The molecule has 0 N–H and O–H groups in total. The molecular formula is C11H13N3O2. The Morgan fingerprint density at radius 1 is 1.44 bits per heavy atom. The van der Waals surface area contributed by atoms with E-state index in [1.165, 1.54) is 0 Å². The van der Waals surface area contributed by atoms with Gasteiger partial charge in [-0.25, -0.2) is 4.98 Å². The lowest BCUT2D eigenvalue weighted by Crippen LogP contribution is -1.99. The Balaban J connectivity index is 2.84. The van der Waals surface area contributed by atoms with Gasteiger partial charge in [-0.05, 0) is 12.0 Å². The quantitative estimate of drug-likeness (QED) is 0.576. The smallest absolute Gasteiger partial charge is 0.275 e. The second-order valence-corrected chi connectivity index (χ2v) is 4.13. The first kappa shape index (κ1) is 10.6. The van der Waals surface area contributed by atoms with Crippen molar-refractivity contribution in [2.75, 3.05) is 0 Å². The molecule has 2 aromatic rings. The molecule has 1 aromatic heterocycles. The van der Waals surface area contributed by atoms with Crippen molar-refractivity contribution in [2.24, 2.45) is 7.05 Å². The zero-order valence-corrected chi connectivity index (χ0v) is 9.47. The van der Waals surface area contributed by atoms with Crippen molar-refractivity contribution < 1.29 is 4.92 Å². The van der Waals surface area contributed by atoms with E-state index in [1.54, 1.807) is 18.5 Å². The summed E-state index contributed by atoms with van der Waals surface area (Å²) < 4.78 is 1.87. The molecule has 1 aromatic carbocycles. The van der Waals surface area contributed by atoms with Crippen LogP contribution in [0.1, 0.15) is 25.3 Å². The number of nitro groups is 1. The molecular weight excluding hydrogens is 206 g/mol. The Kier molecular flexibility index (Phi) is 2.38. The number of rotatable bonds is 2. The molecule has 0 amide bonds. The van der Waals surface area contributed by atoms with Gasteiger partial charge in [-0.15, -0.1) is 0 Å².